The first kappa shape index (κ1) is 44.1. The molecule has 3 aliphatic carbocycles. The summed E-state index contributed by atoms with van der Waals surface area (Å²) in [6, 6.07) is 28.1. The van der Waals surface area contributed by atoms with E-state index in [1.807, 2.05) is 68.4 Å². The van der Waals surface area contributed by atoms with E-state index in [1.54, 1.807) is 23.6 Å². The van der Waals surface area contributed by atoms with Crippen LogP contribution in [0.25, 0.3) is 22.1 Å². The molecular weight excluding hydrogens is 855 g/mol. The van der Waals surface area contributed by atoms with Gasteiger partial charge in [-0.25, -0.2) is 8.42 Å². The Morgan fingerprint density at radius 3 is 2.53 bits per heavy atom. The van der Waals surface area contributed by atoms with Gasteiger partial charge in [0.05, 0.1) is 22.3 Å². The molecular formula is C49H47ClF3NO6S2. The smallest absolute Gasteiger partial charge is 0.416 e. The van der Waals surface area contributed by atoms with Crippen molar-refractivity contribution in [2.75, 3.05) is 6.54 Å². The fourth-order valence-corrected chi connectivity index (χ4v) is 12.3. The van der Waals surface area contributed by atoms with Crippen molar-refractivity contribution in [2.45, 2.75) is 93.3 Å². The molecule has 9 rings (SSSR count). The number of hydrogen-bond acceptors (Lipinski definition) is 7. The van der Waals surface area contributed by atoms with Crippen LogP contribution in [-0.2, 0) is 29.2 Å². The van der Waals surface area contributed by atoms with Crippen LogP contribution in [0.4, 0.5) is 13.2 Å². The lowest BCUT2D eigenvalue weighted by Gasteiger charge is -2.46. The maximum Gasteiger partial charge on any atom is 0.416 e. The molecule has 324 valence electrons. The summed E-state index contributed by atoms with van der Waals surface area (Å²) >= 11 is 7.47. The highest BCUT2D eigenvalue weighted by Gasteiger charge is 2.58. The van der Waals surface area contributed by atoms with Crippen molar-refractivity contribution < 1.29 is 41.0 Å². The van der Waals surface area contributed by atoms with E-state index in [4.69, 9.17) is 16.0 Å². The van der Waals surface area contributed by atoms with E-state index >= 15 is 0 Å². The fourth-order valence-electron chi connectivity index (χ4n) is 9.50. The Hall–Kier alpha value is -4.56. The van der Waals surface area contributed by atoms with Gasteiger partial charge in [-0.15, -0.1) is 11.3 Å². The molecule has 0 radical (unpaired) electrons. The van der Waals surface area contributed by atoms with Crippen LogP contribution in [0.2, 0.25) is 5.02 Å². The van der Waals surface area contributed by atoms with Crippen molar-refractivity contribution in [1.29, 1.82) is 0 Å². The number of rotatable bonds is 9. The Balaban J connectivity index is 1.22. The van der Waals surface area contributed by atoms with Crippen molar-refractivity contribution >= 4 is 49.5 Å². The molecule has 62 heavy (non-hydrogen) atoms. The normalized spacial score (nSPS) is 22.4. The molecule has 0 spiro atoms. The fraction of sp³-hybridized carbons (Fsp3) is 0.327. The minimum absolute atomic E-state index is 0.0137. The molecule has 1 fully saturated rings. The van der Waals surface area contributed by atoms with Gasteiger partial charge in [-0.1, -0.05) is 90.8 Å². The number of carbonyl (C=O) groups excluding carboxylic acids is 1. The predicted molar refractivity (Wildman–Crippen MR) is 237 cm³/mol. The van der Waals surface area contributed by atoms with E-state index in [1.165, 1.54) is 16.4 Å². The minimum Gasteiger partial charge on any atom is -0.453 e. The molecule has 13 heteroatoms. The van der Waals surface area contributed by atoms with Crippen molar-refractivity contribution in [3.8, 4) is 11.3 Å². The molecule has 0 amide bonds. The number of allylic oxidation sites excluding steroid dienone is 2. The zero-order chi connectivity index (χ0) is 44.0. The zero-order valence-corrected chi connectivity index (χ0v) is 36.7. The van der Waals surface area contributed by atoms with Gasteiger partial charge >= 0.3 is 6.18 Å². The molecule has 4 atom stereocenters. The minimum atomic E-state index is -4.63. The Kier molecular flexibility index (Phi) is 12.2. The van der Waals surface area contributed by atoms with Crippen LogP contribution >= 0.6 is 22.9 Å². The van der Waals surface area contributed by atoms with Gasteiger partial charge in [0.25, 0.3) is 10.0 Å². The second-order valence-corrected chi connectivity index (χ2v) is 20.5. The molecule has 4 aromatic carbocycles. The molecule has 2 aromatic heterocycles. The van der Waals surface area contributed by atoms with Crippen LogP contribution in [0.1, 0.15) is 96.7 Å². The topological polar surface area (TPSA) is 108 Å². The number of hydrogen-bond donors (Lipinski definition) is 2. The van der Waals surface area contributed by atoms with E-state index in [0.29, 0.717) is 43.2 Å². The first-order chi connectivity index (χ1) is 29.5. The van der Waals surface area contributed by atoms with E-state index < -0.39 is 50.6 Å². The summed E-state index contributed by atoms with van der Waals surface area (Å²) in [7, 11) is -4.10. The Labute approximate surface area is 368 Å². The van der Waals surface area contributed by atoms with Crippen LogP contribution in [0.15, 0.2) is 129 Å². The van der Waals surface area contributed by atoms with E-state index in [0.717, 1.165) is 51.4 Å². The van der Waals surface area contributed by atoms with Gasteiger partial charge in [0.15, 0.2) is 5.76 Å². The lowest BCUT2D eigenvalue weighted by Crippen LogP contribution is -2.53. The third-order valence-corrected chi connectivity index (χ3v) is 16.6. The Bertz CT molecular complexity index is 2760. The third kappa shape index (κ3) is 8.57. The summed E-state index contributed by atoms with van der Waals surface area (Å²) in [5, 5.41) is 27.9. The van der Waals surface area contributed by atoms with Gasteiger partial charge in [-0.2, -0.15) is 17.5 Å². The molecule has 0 aliphatic heterocycles. The summed E-state index contributed by atoms with van der Waals surface area (Å²) in [5.41, 5.74) is 0.00853. The predicted octanol–water partition coefficient (Wildman–Crippen LogP) is 12.0. The number of nitrogens with zero attached hydrogens (tertiary/aromatic N) is 1. The average molecular weight is 902 g/mol. The number of alkyl halides is 3. The molecule has 2 heterocycles. The monoisotopic (exact) mass is 901 g/mol. The maximum atomic E-state index is 14.8. The Morgan fingerprint density at radius 2 is 1.76 bits per heavy atom. The molecule has 0 saturated heterocycles. The summed E-state index contributed by atoms with van der Waals surface area (Å²) < 4.78 is 77.9. The van der Waals surface area contributed by atoms with Gasteiger partial charge in [0.2, 0.25) is 5.78 Å². The van der Waals surface area contributed by atoms with Gasteiger partial charge < -0.3 is 14.6 Å². The molecule has 0 unspecified atom stereocenters. The highest BCUT2D eigenvalue weighted by Crippen LogP contribution is 2.59. The second kappa shape index (κ2) is 17.2. The summed E-state index contributed by atoms with van der Waals surface area (Å²) in [6.45, 7) is 3.81. The van der Waals surface area contributed by atoms with Gasteiger partial charge in [0, 0.05) is 29.6 Å². The number of halogens is 4. The zero-order valence-electron chi connectivity index (χ0n) is 34.3. The first-order valence-corrected chi connectivity index (χ1v) is 23.4. The van der Waals surface area contributed by atoms with Crippen LogP contribution in [0.3, 0.4) is 0 Å². The van der Waals surface area contributed by atoms with E-state index in [2.05, 4.69) is 6.08 Å². The number of benzene rings is 4. The average Bonchev–Trinajstić information content (AvgIpc) is 4.01. The molecule has 7 nitrogen and oxygen atoms in total. The number of aliphatic hydroxyl groups excluding tert-OH is 1. The number of carbonyl (C=O) groups is 1. The highest BCUT2D eigenvalue weighted by atomic mass is 35.5. The van der Waals surface area contributed by atoms with E-state index in [9.17, 15) is 36.6 Å². The molecule has 3 aliphatic rings. The SMILES string of the molecule is CC1=CCC[C@@]2(C)[C@@H](CC[C@@]2(O)CN(Cc2cccc3ccccc23)S(=O)(=O)c2cccs2)c2ccc(cc2C(=O)c2ccc(-c3cc(C(F)(F)F)ccc3Cl)o2)C[C@@H](O)CC1. The van der Waals surface area contributed by atoms with Crippen molar-refractivity contribution in [1.82, 2.24) is 4.31 Å². The summed E-state index contributed by atoms with van der Waals surface area (Å²) in [4.78, 5) is 14.8. The molecule has 2 bridgehead atoms. The molecule has 6 aromatic rings. The number of furan rings is 1. The van der Waals surface area contributed by atoms with E-state index in [-0.39, 0.29) is 57.8 Å². The summed E-state index contributed by atoms with van der Waals surface area (Å²) in [5.74, 6) is -1.10. The number of thiophene rings is 1. The van der Waals surface area contributed by atoms with Crippen LogP contribution in [0.5, 0.6) is 0 Å². The molecule has 2 N–H and O–H groups in total. The van der Waals surface area contributed by atoms with Crippen molar-refractivity contribution in [3.05, 3.63) is 159 Å². The number of aliphatic hydroxyl groups is 2. The number of fused-ring (bicyclic) bond motifs is 9. The van der Waals surface area contributed by atoms with Gasteiger partial charge in [-0.3, -0.25) is 4.79 Å². The van der Waals surface area contributed by atoms with Gasteiger partial charge in [0.1, 0.15) is 9.97 Å². The standard InChI is InChI=1S/C49H47ClF3NO6S2/c1-31-8-6-23-47(2)41(22-24-48(47,57)30-54(62(58,59)45-13-7-25-61-45)29-34-11-5-10-33-9-3-4-12-37(33)34)38-18-15-32(26-36(55)17-14-31)27-39(38)46(56)44-21-20-43(60-44)40-28-35(49(51,52)53)16-19-42(40)50/h3-5,7-13,15-16,18-21,25,27-28,36,41,55,57H,6,14,17,22-24,26,29-30H2,1-2H3/t36-,41-,47-,48+/m0/s1. The largest absolute Gasteiger partial charge is 0.453 e. The third-order valence-electron chi connectivity index (χ3n) is 13.1. The second-order valence-electron chi connectivity index (χ2n) is 17.0. The van der Waals surface area contributed by atoms with Crippen molar-refractivity contribution in [3.63, 3.8) is 0 Å². The summed E-state index contributed by atoms with van der Waals surface area (Å²) in [6.07, 6.45) is -0.148. The number of sulfonamides is 1. The van der Waals surface area contributed by atoms with Crippen LogP contribution in [0, 0.1) is 5.41 Å². The maximum absolute atomic E-state index is 14.8. The number of ketones is 1. The van der Waals surface area contributed by atoms with Crippen molar-refractivity contribution in [2.24, 2.45) is 5.41 Å². The molecule has 1 saturated carbocycles. The van der Waals surface area contributed by atoms with Crippen LogP contribution < -0.4 is 0 Å². The lowest BCUT2D eigenvalue weighted by atomic mass is 9.65. The highest BCUT2D eigenvalue weighted by molar-refractivity contribution is 7.91. The van der Waals surface area contributed by atoms with Gasteiger partial charge in [-0.05, 0) is 133 Å². The Morgan fingerprint density at radius 1 is 0.968 bits per heavy atom. The van der Waals surface area contributed by atoms with Crippen LogP contribution in [-0.4, -0.2) is 47.0 Å². The lowest BCUT2D eigenvalue weighted by molar-refractivity contribution is -0.137. The first-order valence-electron chi connectivity index (χ1n) is 20.7. The quantitative estimate of drug-likeness (QED) is 0.111.